The van der Waals surface area contributed by atoms with E-state index in [2.05, 4.69) is 12.2 Å². The van der Waals surface area contributed by atoms with Gasteiger partial charge in [-0.3, -0.25) is 4.79 Å². The fraction of sp³-hybridized carbons (Fsp3) is 0.955. The molecule has 24 heavy (non-hydrogen) atoms. The Kier molecular flexibility index (Phi) is 22.0. The minimum Gasteiger partial charge on any atom is -0.359 e. The summed E-state index contributed by atoms with van der Waals surface area (Å²) in [5.74, 6) is 0. The first-order chi connectivity index (χ1) is 11.9. The summed E-state index contributed by atoms with van der Waals surface area (Å²) in [6, 6.07) is 0. The zero-order valence-corrected chi connectivity index (χ0v) is 16.6. The molecule has 0 aliphatic carbocycles. The molecule has 2 heteroatoms. The quantitative estimate of drug-likeness (QED) is 0.174. The van der Waals surface area contributed by atoms with Crippen LogP contribution in [-0.4, -0.2) is 13.0 Å². The molecule has 0 unspecified atom stereocenters. The van der Waals surface area contributed by atoms with Gasteiger partial charge in [-0.15, -0.1) is 0 Å². The van der Waals surface area contributed by atoms with Crippen molar-refractivity contribution in [3.05, 3.63) is 0 Å². The van der Waals surface area contributed by atoms with Gasteiger partial charge < -0.3 is 5.32 Å². The van der Waals surface area contributed by atoms with E-state index >= 15 is 0 Å². The van der Waals surface area contributed by atoms with Gasteiger partial charge in [0.15, 0.2) is 0 Å². The summed E-state index contributed by atoms with van der Waals surface area (Å²) in [5.41, 5.74) is 0. The molecule has 0 aliphatic rings. The maximum atomic E-state index is 10.1. The Bertz CT molecular complexity index is 230. The molecule has 0 fully saturated rings. The second-order valence-electron chi connectivity index (χ2n) is 7.44. The predicted octanol–water partition coefficient (Wildman–Crippen LogP) is 7.16. The van der Waals surface area contributed by atoms with Crippen molar-refractivity contribution in [1.82, 2.24) is 5.32 Å². The summed E-state index contributed by atoms with van der Waals surface area (Å²) in [5, 5.41) is 2.72. The van der Waals surface area contributed by atoms with Crippen molar-refractivity contribution in [3.63, 3.8) is 0 Å². The summed E-state index contributed by atoms with van der Waals surface area (Å²) in [4.78, 5) is 10.1. The minimum absolute atomic E-state index is 0.800. The van der Waals surface area contributed by atoms with Crippen LogP contribution >= 0.6 is 0 Å². The molecular weight excluding hydrogens is 294 g/mol. The van der Waals surface area contributed by atoms with Crippen molar-refractivity contribution >= 4 is 6.41 Å². The molecule has 144 valence electrons. The van der Waals surface area contributed by atoms with Gasteiger partial charge in [-0.2, -0.15) is 0 Å². The monoisotopic (exact) mass is 339 g/mol. The Morgan fingerprint density at radius 3 is 1.08 bits per heavy atom. The number of hydrogen-bond donors (Lipinski definition) is 1. The Balaban J connectivity index is 2.94. The van der Waals surface area contributed by atoms with E-state index in [0.29, 0.717) is 0 Å². The highest BCUT2D eigenvalue weighted by atomic mass is 16.1. The lowest BCUT2D eigenvalue weighted by Crippen LogP contribution is -2.11. The highest BCUT2D eigenvalue weighted by Crippen LogP contribution is 2.14. The molecule has 0 spiro atoms. The number of amides is 1. The van der Waals surface area contributed by atoms with E-state index < -0.39 is 0 Å². The maximum Gasteiger partial charge on any atom is 0.207 e. The number of carbonyl (C=O) groups is 1. The molecule has 0 aromatic heterocycles. The van der Waals surface area contributed by atoms with E-state index in [-0.39, 0.29) is 0 Å². The summed E-state index contributed by atoms with van der Waals surface area (Å²) >= 11 is 0. The summed E-state index contributed by atoms with van der Waals surface area (Å²) in [7, 11) is 0. The van der Waals surface area contributed by atoms with Gasteiger partial charge in [0.1, 0.15) is 0 Å². The van der Waals surface area contributed by atoms with Gasteiger partial charge in [0.2, 0.25) is 6.41 Å². The summed E-state index contributed by atoms with van der Waals surface area (Å²) in [6.07, 6.45) is 27.6. The van der Waals surface area contributed by atoms with Gasteiger partial charge in [0.25, 0.3) is 0 Å². The van der Waals surface area contributed by atoms with E-state index in [1.165, 1.54) is 116 Å². The molecule has 2 nitrogen and oxygen atoms in total. The van der Waals surface area contributed by atoms with Gasteiger partial charge in [0.05, 0.1) is 0 Å². The van der Waals surface area contributed by atoms with Crippen LogP contribution in [-0.2, 0) is 4.79 Å². The van der Waals surface area contributed by atoms with Crippen molar-refractivity contribution in [2.24, 2.45) is 0 Å². The number of unbranched alkanes of at least 4 members (excludes halogenated alkanes) is 18. The fourth-order valence-electron chi connectivity index (χ4n) is 3.36. The number of hydrogen-bond acceptors (Lipinski definition) is 1. The number of carbonyl (C=O) groups excluding carboxylic acids is 1. The molecule has 0 aromatic rings. The SMILES string of the molecule is CCCCCCCCCCCCCCCCCCCCCNC=O. The average molecular weight is 340 g/mol. The van der Waals surface area contributed by atoms with E-state index in [9.17, 15) is 4.79 Å². The third kappa shape index (κ3) is 21.5. The molecular formula is C22H45NO. The number of rotatable bonds is 21. The highest BCUT2D eigenvalue weighted by molar-refractivity contribution is 5.45. The second-order valence-corrected chi connectivity index (χ2v) is 7.44. The van der Waals surface area contributed by atoms with Crippen molar-refractivity contribution in [2.75, 3.05) is 6.54 Å². The normalized spacial score (nSPS) is 10.9. The first-order valence-corrected chi connectivity index (χ1v) is 11.1. The van der Waals surface area contributed by atoms with Crippen molar-refractivity contribution in [1.29, 1.82) is 0 Å². The first-order valence-electron chi connectivity index (χ1n) is 11.1. The Morgan fingerprint density at radius 2 is 0.792 bits per heavy atom. The molecule has 0 rings (SSSR count). The van der Waals surface area contributed by atoms with Crippen molar-refractivity contribution in [2.45, 2.75) is 129 Å². The third-order valence-electron chi connectivity index (χ3n) is 5.01. The van der Waals surface area contributed by atoms with Crippen LogP contribution in [0.3, 0.4) is 0 Å². The smallest absolute Gasteiger partial charge is 0.207 e. The zero-order chi connectivity index (χ0) is 17.6. The van der Waals surface area contributed by atoms with E-state index in [4.69, 9.17) is 0 Å². The number of nitrogens with one attached hydrogen (secondary N) is 1. The van der Waals surface area contributed by atoms with Crippen LogP contribution in [0.5, 0.6) is 0 Å². The third-order valence-corrected chi connectivity index (χ3v) is 5.01. The van der Waals surface area contributed by atoms with Crippen LogP contribution in [0.15, 0.2) is 0 Å². The summed E-state index contributed by atoms with van der Waals surface area (Å²) < 4.78 is 0. The van der Waals surface area contributed by atoms with Gasteiger partial charge in [-0.25, -0.2) is 0 Å². The van der Waals surface area contributed by atoms with Crippen LogP contribution in [0.25, 0.3) is 0 Å². The zero-order valence-electron chi connectivity index (χ0n) is 16.6. The minimum atomic E-state index is 0.800. The van der Waals surface area contributed by atoms with Crippen molar-refractivity contribution < 1.29 is 4.79 Å². The summed E-state index contributed by atoms with van der Waals surface area (Å²) in [6.45, 7) is 3.14. The molecule has 0 atom stereocenters. The van der Waals surface area contributed by atoms with E-state index in [1.807, 2.05) is 0 Å². The molecule has 0 bridgehead atoms. The van der Waals surface area contributed by atoms with Crippen LogP contribution in [0.1, 0.15) is 129 Å². The molecule has 0 aliphatic heterocycles. The van der Waals surface area contributed by atoms with Crippen LogP contribution in [0, 0.1) is 0 Å². The van der Waals surface area contributed by atoms with Gasteiger partial charge >= 0.3 is 0 Å². The standard InChI is InChI=1S/C22H45NO/c1-2-3-4-5-6-7-8-9-10-11-12-13-14-15-16-17-18-19-20-21-23-22-24/h22H,2-21H2,1H3,(H,23,24). The lowest BCUT2D eigenvalue weighted by atomic mass is 10.0. The lowest BCUT2D eigenvalue weighted by molar-refractivity contribution is -0.109. The van der Waals surface area contributed by atoms with Crippen molar-refractivity contribution in [3.8, 4) is 0 Å². The predicted molar refractivity (Wildman–Crippen MR) is 107 cm³/mol. The molecule has 1 amide bonds. The molecule has 0 heterocycles. The second kappa shape index (κ2) is 22.5. The van der Waals surface area contributed by atoms with E-state index in [1.54, 1.807) is 0 Å². The fourth-order valence-corrected chi connectivity index (χ4v) is 3.36. The topological polar surface area (TPSA) is 29.1 Å². The van der Waals surface area contributed by atoms with Gasteiger partial charge in [0, 0.05) is 6.54 Å². The largest absolute Gasteiger partial charge is 0.359 e. The first kappa shape index (κ1) is 23.5. The Labute approximate surface area is 152 Å². The molecule has 0 radical (unpaired) electrons. The van der Waals surface area contributed by atoms with Crippen LogP contribution < -0.4 is 5.32 Å². The Morgan fingerprint density at radius 1 is 0.500 bits per heavy atom. The van der Waals surface area contributed by atoms with Gasteiger partial charge in [-0.05, 0) is 6.42 Å². The molecule has 0 saturated carbocycles. The molecule has 0 aromatic carbocycles. The van der Waals surface area contributed by atoms with Crippen LogP contribution in [0.2, 0.25) is 0 Å². The Hall–Kier alpha value is -0.530. The van der Waals surface area contributed by atoms with Crippen LogP contribution in [0.4, 0.5) is 0 Å². The average Bonchev–Trinajstić information content (AvgIpc) is 2.60. The maximum absolute atomic E-state index is 10.1. The molecule has 0 saturated heterocycles. The van der Waals surface area contributed by atoms with Gasteiger partial charge in [-0.1, -0.05) is 122 Å². The van der Waals surface area contributed by atoms with E-state index in [0.717, 1.165) is 19.4 Å². The lowest BCUT2D eigenvalue weighted by Gasteiger charge is -2.04. The molecule has 1 N–H and O–H groups in total. The highest BCUT2D eigenvalue weighted by Gasteiger charge is 1.95.